The summed E-state index contributed by atoms with van der Waals surface area (Å²) in [5.41, 5.74) is -0.0849. The van der Waals surface area contributed by atoms with Crippen molar-refractivity contribution in [3.05, 3.63) is 11.8 Å². The van der Waals surface area contributed by atoms with Gasteiger partial charge in [0.2, 0.25) is 0 Å². The quantitative estimate of drug-likeness (QED) is 0.547. The number of hydrogen-bond acceptors (Lipinski definition) is 2. The molecule has 0 aromatic heterocycles. The van der Waals surface area contributed by atoms with Crippen molar-refractivity contribution in [2.45, 2.75) is 58.3 Å². The molecule has 2 aliphatic carbocycles. The van der Waals surface area contributed by atoms with Gasteiger partial charge in [-0.25, -0.2) is 0 Å². The van der Waals surface area contributed by atoms with Crippen molar-refractivity contribution >= 4 is 5.78 Å². The average molecular weight is 236 g/mol. The zero-order chi connectivity index (χ0) is 12.3. The first kappa shape index (κ1) is 12.7. The van der Waals surface area contributed by atoms with Gasteiger partial charge in [-0.05, 0) is 25.7 Å². The minimum Gasteiger partial charge on any atom is -0.501 e. The molecule has 0 atom stereocenters. The number of ether oxygens (including phenoxy) is 1. The van der Waals surface area contributed by atoms with Crippen LogP contribution in [0.3, 0.4) is 0 Å². The van der Waals surface area contributed by atoms with Gasteiger partial charge in [0, 0.05) is 17.4 Å². The van der Waals surface area contributed by atoms with Crippen molar-refractivity contribution < 1.29 is 9.53 Å². The number of ketones is 1. The zero-order valence-electron chi connectivity index (χ0n) is 11.1. The summed E-state index contributed by atoms with van der Waals surface area (Å²) in [5.74, 6) is 1.70. The Morgan fingerprint density at radius 2 is 1.82 bits per heavy atom. The van der Waals surface area contributed by atoms with E-state index in [-0.39, 0.29) is 11.2 Å². The summed E-state index contributed by atoms with van der Waals surface area (Å²) in [7, 11) is 1.71. The lowest BCUT2D eigenvalue weighted by Gasteiger charge is -2.36. The topological polar surface area (TPSA) is 26.3 Å². The second kappa shape index (κ2) is 5.24. The van der Waals surface area contributed by atoms with E-state index in [4.69, 9.17) is 4.74 Å². The van der Waals surface area contributed by atoms with E-state index < -0.39 is 0 Å². The van der Waals surface area contributed by atoms with Crippen LogP contribution >= 0.6 is 0 Å². The molecular weight excluding hydrogens is 212 g/mol. The number of rotatable bonds is 4. The highest BCUT2D eigenvalue weighted by Gasteiger charge is 2.38. The number of allylic oxidation sites excluding steroid dienone is 2. The fourth-order valence-corrected chi connectivity index (χ4v) is 2.99. The van der Waals surface area contributed by atoms with Gasteiger partial charge in [0.15, 0.2) is 5.78 Å². The van der Waals surface area contributed by atoms with Gasteiger partial charge in [-0.2, -0.15) is 0 Å². The van der Waals surface area contributed by atoms with E-state index in [9.17, 15) is 4.79 Å². The van der Waals surface area contributed by atoms with Crippen LogP contribution in [0.15, 0.2) is 11.8 Å². The Labute approximate surface area is 104 Å². The van der Waals surface area contributed by atoms with Crippen LogP contribution in [0.1, 0.15) is 58.3 Å². The molecule has 0 heterocycles. The smallest absolute Gasteiger partial charge is 0.164 e. The van der Waals surface area contributed by atoms with E-state index in [0.29, 0.717) is 5.92 Å². The SMILES string of the molecule is CO/C(=C\C(=O)C1(C)CCC1)C1CCCCC1. The summed E-state index contributed by atoms with van der Waals surface area (Å²) >= 11 is 0. The summed E-state index contributed by atoms with van der Waals surface area (Å²) in [4.78, 5) is 12.2. The molecule has 0 spiro atoms. The molecular formula is C15H24O2. The summed E-state index contributed by atoms with van der Waals surface area (Å²) in [6.07, 6.45) is 11.3. The Bertz CT molecular complexity index is 307. The predicted molar refractivity (Wildman–Crippen MR) is 68.6 cm³/mol. The van der Waals surface area contributed by atoms with Crippen LogP contribution < -0.4 is 0 Å². The second-order valence-corrected chi connectivity index (χ2v) is 5.86. The minimum absolute atomic E-state index is 0.0849. The van der Waals surface area contributed by atoms with Crippen LogP contribution in [0.4, 0.5) is 0 Å². The Kier molecular flexibility index (Phi) is 3.90. The monoisotopic (exact) mass is 236 g/mol. The standard InChI is InChI=1S/C15H24O2/c1-15(9-6-10-15)14(16)11-13(17-2)12-7-4-3-5-8-12/h11-12H,3-10H2,1-2H3/b13-11-. The summed E-state index contributed by atoms with van der Waals surface area (Å²) in [6.45, 7) is 2.09. The molecule has 0 bridgehead atoms. The van der Waals surface area contributed by atoms with Crippen LogP contribution in [0, 0.1) is 11.3 Å². The minimum atomic E-state index is -0.0849. The summed E-state index contributed by atoms with van der Waals surface area (Å²) in [5, 5.41) is 0. The molecule has 0 saturated heterocycles. The molecule has 0 aromatic rings. The van der Waals surface area contributed by atoms with Crippen LogP contribution in [0.5, 0.6) is 0 Å². The van der Waals surface area contributed by atoms with Gasteiger partial charge in [-0.1, -0.05) is 32.6 Å². The van der Waals surface area contributed by atoms with Crippen molar-refractivity contribution in [3.8, 4) is 0 Å². The number of methoxy groups -OCH3 is 1. The molecule has 0 unspecified atom stereocenters. The lowest BCUT2D eigenvalue weighted by Crippen LogP contribution is -2.34. The molecule has 2 heteroatoms. The first-order valence-electron chi connectivity index (χ1n) is 6.96. The highest BCUT2D eigenvalue weighted by Crippen LogP contribution is 2.42. The summed E-state index contributed by atoms with van der Waals surface area (Å²) < 4.78 is 5.46. The van der Waals surface area contributed by atoms with E-state index in [2.05, 4.69) is 6.92 Å². The molecule has 0 aromatic carbocycles. The van der Waals surface area contributed by atoms with Crippen molar-refractivity contribution in [2.24, 2.45) is 11.3 Å². The van der Waals surface area contributed by atoms with E-state index in [0.717, 1.165) is 18.6 Å². The van der Waals surface area contributed by atoms with Crippen molar-refractivity contribution in [1.29, 1.82) is 0 Å². The van der Waals surface area contributed by atoms with Crippen LogP contribution in [0.25, 0.3) is 0 Å². The molecule has 0 aliphatic heterocycles. The number of carbonyl (C=O) groups excluding carboxylic acids is 1. The third-order valence-corrected chi connectivity index (χ3v) is 4.57. The van der Waals surface area contributed by atoms with E-state index in [1.54, 1.807) is 13.2 Å². The number of hydrogen-bond donors (Lipinski definition) is 0. The third kappa shape index (κ3) is 2.72. The maximum Gasteiger partial charge on any atom is 0.164 e. The molecule has 0 N–H and O–H groups in total. The highest BCUT2D eigenvalue weighted by atomic mass is 16.5. The van der Waals surface area contributed by atoms with Gasteiger partial charge in [0.05, 0.1) is 7.11 Å². The zero-order valence-corrected chi connectivity index (χ0v) is 11.1. The largest absolute Gasteiger partial charge is 0.501 e. The first-order chi connectivity index (χ1) is 8.15. The molecule has 2 saturated carbocycles. The average Bonchev–Trinajstić information content (AvgIpc) is 2.33. The van der Waals surface area contributed by atoms with Crippen LogP contribution in [-0.4, -0.2) is 12.9 Å². The molecule has 2 aliphatic rings. The van der Waals surface area contributed by atoms with Gasteiger partial charge >= 0.3 is 0 Å². The van der Waals surface area contributed by atoms with E-state index >= 15 is 0 Å². The van der Waals surface area contributed by atoms with Gasteiger partial charge in [0.25, 0.3) is 0 Å². The normalized spacial score (nSPS) is 25.2. The van der Waals surface area contributed by atoms with Gasteiger partial charge in [0.1, 0.15) is 5.76 Å². The lowest BCUT2D eigenvalue weighted by molar-refractivity contribution is -0.127. The fourth-order valence-electron chi connectivity index (χ4n) is 2.99. The van der Waals surface area contributed by atoms with Crippen molar-refractivity contribution in [3.63, 3.8) is 0 Å². The van der Waals surface area contributed by atoms with E-state index in [1.165, 1.54) is 38.5 Å². The Balaban J connectivity index is 2.03. The second-order valence-electron chi connectivity index (χ2n) is 5.86. The Hall–Kier alpha value is -0.790. The predicted octanol–water partition coefficient (Wildman–Crippen LogP) is 3.86. The highest BCUT2D eigenvalue weighted by molar-refractivity contribution is 5.95. The van der Waals surface area contributed by atoms with Crippen LogP contribution in [-0.2, 0) is 9.53 Å². The Morgan fingerprint density at radius 1 is 1.18 bits per heavy atom. The summed E-state index contributed by atoms with van der Waals surface area (Å²) in [6, 6.07) is 0. The molecule has 2 fully saturated rings. The fraction of sp³-hybridized carbons (Fsp3) is 0.800. The Morgan fingerprint density at radius 3 is 2.29 bits per heavy atom. The lowest BCUT2D eigenvalue weighted by atomic mass is 9.67. The van der Waals surface area contributed by atoms with E-state index in [1.807, 2.05) is 0 Å². The maximum atomic E-state index is 12.2. The maximum absolute atomic E-state index is 12.2. The van der Waals surface area contributed by atoms with Gasteiger partial charge in [-0.3, -0.25) is 4.79 Å². The molecule has 2 rings (SSSR count). The van der Waals surface area contributed by atoms with Gasteiger partial charge < -0.3 is 4.74 Å². The van der Waals surface area contributed by atoms with Crippen LogP contribution in [0.2, 0.25) is 0 Å². The first-order valence-corrected chi connectivity index (χ1v) is 6.96. The number of carbonyl (C=O) groups is 1. The molecule has 96 valence electrons. The van der Waals surface area contributed by atoms with Crippen molar-refractivity contribution in [1.82, 2.24) is 0 Å². The molecule has 17 heavy (non-hydrogen) atoms. The third-order valence-electron chi connectivity index (χ3n) is 4.57. The van der Waals surface area contributed by atoms with Crippen molar-refractivity contribution in [2.75, 3.05) is 7.11 Å². The molecule has 2 nitrogen and oxygen atoms in total. The molecule has 0 amide bonds. The molecule has 0 radical (unpaired) electrons. The van der Waals surface area contributed by atoms with Gasteiger partial charge in [-0.15, -0.1) is 0 Å².